The van der Waals surface area contributed by atoms with Gasteiger partial charge >= 0.3 is 5.97 Å². The zero-order valence-corrected chi connectivity index (χ0v) is 30.2. The summed E-state index contributed by atoms with van der Waals surface area (Å²) >= 11 is 0. The number of nitrogens with one attached hydrogen (secondary N) is 5. The normalized spacial score (nSPS) is 15.2. The zero-order valence-electron chi connectivity index (χ0n) is 30.2. The van der Waals surface area contributed by atoms with Crippen molar-refractivity contribution < 1.29 is 33.9 Å². The smallest absolute Gasteiger partial charge is 0.326 e. The Morgan fingerprint density at radius 2 is 1.02 bits per heavy atom. The van der Waals surface area contributed by atoms with Crippen molar-refractivity contribution in [3.05, 3.63) is 0 Å². The maximum absolute atomic E-state index is 13.7. The molecule has 0 saturated carbocycles. The van der Waals surface area contributed by atoms with Gasteiger partial charge in [-0.3, -0.25) is 29.0 Å². The molecular weight excluding hydrogens is 650 g/mol. The number of nitrogens with zero attached hydrogens (tertiary/aromatic N) is 1. The topological polar surface area (TPSA) is 325 Å². The fourth-order valence-electron chi connectivity index (χ4n) is 4.97. The first-order valence-corrected chi connectivity index (χ1v) is 17.6. The Hall–Kier alpha value is -4.03. The molecule has 0 aromatic carbocycles. The van der Waals surface area contributed by atoms with Gasteiger partial charge < -0.3 is 60.4 Å². The van der Waals surface area contributed by atoms with Crippen LogP contribution in [0.1, 0.15) is 91.9 Å². The number of carbonyl (C=O) groups excluding carboxylic acids is 5. The van der Waals surface area contributed by atoms with E-state index < -0.39 is 71.6 Å². The van der Waals surface area contributed by atoms with Crippen molar-refractivity contribution in [3.63, 3.8) is 0 Å². The molecule has 7 atom stereocenters. The molecule has 0 radical (unpaired) electrons. The highest BCUT2D eigenvalue weighted by Crippen LogP contribution is 2.13. The lowest BCUT2D eigenvalue weighted by Crippen LogP contribution is -2.60. The first-order chi connectivity index (χ1) is 23.7. The number of hydrogen-bond acceptors (Lipinski definition) is 10. The second-order valence-electron chi connectivity index (χ2n) is 12.5. The summed E-state index contributed by atoms with van der Waals surface area (Å²) < 4.78 is 0. The van der Waals surface area contributed by atoms with Gasteiger partial charge in [0.2, 0.25) is 29.5 Å². The van der Waals surface area contributed by atoms with Crippen LogP contribution in [0, 0.1) is 11.8 Å². The number of aliphatic carboxylic acids is 1. The minimum atomic E-state index is -1.26. The number of amides is 5. The molecule has 16 N–H and O–H groups in total. The van der Waals surface area contributed by atoms with Crippen molar-refractivity contribution in [2.24, 2.45) is 45.5 Å². The number of aliphatic imine (C=N–C) groups is 1. The Labute approximate surface area is 295 Å². The van der Waals surface area contributed by atoms with Gasteiger partial charge in [0, 0.05) is 6.54 Å². The molecular formula is C32H63N11O7. The number of carbonyl (C=O) groups is 6. The third-order valence-electron chi connectivity index (χ3n) is 8.51. The molecule has 18 nitrogen and oxygen atoms in total. The van der Waals surface area contributed by atoms with E-state index in [9.17, 15) is 33.9 Å². The van der Waals surface area contributed by atoms with Gasteiger partial charge in [0.15, 0.2) is 5.96 Å². The highest BCUT2D eigenvalue weighted by molar-refractivity contribution is 5.96. The highest BCUT2D eigenvalue weighted by Gasteiger charge is 2.34. The molecule has 0 saturated heterocycles. The molecule has 0 aromatic heterocycles. The van der Waals surface area contributed by atoms with E-state index in [-0.39, 0.29) is 50.7 Å². The van der Waals surface area contributed by atoms with Crippen LogP contribution in [0.4, 0.5) is 0 Å². The molecule has 0 rings (SSSR count). The molecule has 0 aliphatic carbocycles. The van der Waals surface area contributed by atoms with Crippen molar-refractivity contribution in [2.45, 2.75) is 122 Å². The second-order valence-corrected chi connectivity index (χ2v) is 12.5. The molecule has 0 bridgehead atoms. The number of rotatable bonds is 27. The lowest BCUT2D eigenvalue weighted by atomic mass is 9.96. The molecule has 0 heterocycles. The molecule has 7 unspecified atom stereocenters. The molecule has 0 aliphatic heterocycles. The van der Waals surface area contributed by atoms with Crippen molar-refractivity contribution in [3.8, 4) is 0 Å². The Morgan fingerprint density at radius 3 is 1.44 bits per heavy atom. The predicted octanol–water partition coefficient (Wildman–Crippen LogP) is -2.14. The Balaban J connectivity index is 6.16. The average Bonchev–Trinajstić information content (AvgIpc) is 3.08. The minimum absolute atomic E-state index is 0.0435. The maximum atomic E-state index is 13.7. The van der Waals surface area contributed by atoms with Crippen molar-refractivity contribution in [1.29, 1.82) is 0 Å². The third kappa shape index (κ3) is 18.1. The second kappa shape index (κ2) is 25.9. The molecule has 0 aliphatic rings. The Bertz CT molecular complexity index is 1100. The summed E-state index contributed by atoms with van der Waals surface area (Å²) in [5, 5.41) is 23.0. The van der Waals surface area contributed by atoms with Gasteiger partial charge in [-0.2, -0.15) is 0 Å². The number of carboxylic acids is 1. The van der Waals surface area contributed by atoms with Crippen LogP contribution in [0.5, 0.6) is 0 Å². The molecule has 50 heavy (non-hydrogen) atoms. The first-order valence-electron chi connectivity index (χ1n) is 17.6. The summed E-state index contributed by atoms with van der Waals surface area (Å²) in [6.07, 6.45) is 3.85. The lowest BCUT2D eigenvalue weighted by Gasteiger charge is -2.29. The summed E-state index contributed by atoms with van der Waals surface area (Å²) in [5.74, 6) is -5.14. The van der Waals surface area contributed by atoms with E-state index in [4.69, 9.17) is 28.7 Å². The van der Waals surface area contributed by atoms with Crippen LogP contribution in [0.2, 0.25) is 0 Å². The van der Waals surface area contributed by atoms with Crippen molar-refractivity contribution in [2.75, 3.05) is 26.2 Å². The fraction of sp³-hybridized carbons (Fsp3) is 0.781. The zero-order chi connectivity index (χ0) is 38.2. The van der Waals surface area contributed by atoms with Crippen LogP contribution in [0.3, 0.4) is 0 Å². The number of unbranched alkanes of at least 4 members (excludes halogenated alkanes) is 2. The molecule has 0 spiro atoms. The van der Waals surface area contributed by atoms with E-state index in [2.05, 4.69) is 31.6 Å². The quantitative estimate of drug-likeness (QED) is 0.0247. The van der Waals surface area contributed by atoms with Crippen LogP contribution in [-0.4, -0.2) is 103 Å². The van der Waals surface area contributed by atoms with Crippen LogP contribution in [0.25, 0.3) is 0 Å². The number of hydrogen-bond donors (Lipinski definition) is 11. The summed E-state index contributed by atoms with van der Waals surface area (Å²) in [4.78, 5) is 82.1. The summed E-state index contributed by atoms with van der Waals surface area (Å²) in [6, 6.07) is -5.50. The average molecular weight is 714 g/mol. The maximum Gasteiger partial charge on any atom is 0.326 e. The standard InChI is InChI=1S/C32H63N11O7/c1-5-19(3)25(42-24(44)18-35)29(47)40-21(12-7-9-15-33)27(45)39-22(13-8-10-16-34)28(46)43-26(20(4)6-2)30(48)41-23(31(49)50)14-11-17-38-32(36)37/h19-23,25-26H,5-18,33-35H2,1-4H3,(H,39,45)(H,40,47)(H,41,48)(H,42,44)(H,43,46)(H,49,50)(H4,36,37,38). The Morgan fingerprint density at radius 1 is 0.600 bits per heavy atom. The van der Waals surface area contributed by atoms with Gasteiger partial charge in [-0.25, -0.2) is 4.79 Å². The Kier molecular flexibility index (Phi) is 23.8. The van der Waals surface area contributed by atoms with Crippen LogP contribution >= 0.6 is 0 Å². The van der Waals surface area contributed by atoms with E-state index >= 15 is 0 Å². The van der Waals surface area contributed by atoms with Crippen LogP contribution in [0.15, 0.2) is 4.99 Å². The van der Waals surface area contributed by atoms with Gasteiger partial charge in [0.1, 0.15) is 30.2 Å². The highest BCUT2D eigenvalue weighted by atomic mass is 16.4. The largest absolute Gasteiger partial charge is 0.480 e. The van der Waals surface area contributed by atoms with Crippen LogP contribution in [-0.2, 0) is 28.8 Å². The third-order valence-corrected chi connectivity index (χ3v) is 8.51. The molecule has 5 amide bonds. The van der Waals surface area contributed by atoms with E-state index in [1.165, 1.54) is 0 Å². The summed E-state index contributed by atoms with van der Waals surface area (Å²) in [5.41, 5.74) is 27.4. The monoisotopic (exact) mass is 713 g/mol. The van der Waals surface area contributed by atoms with Gasteiger partial charge in [0.05, 0.1) is 6.54 Å². The number of guanidine groups is 1. The molecule has 0 aromatic rings. The molecule has 0 fully saturated rings. The summed E-state index contributed by atoms with van der Waals surface area (Å²) in [6.45, 7) is 7.78. The lowest BCUT2D eigenvalue weighted by molar-refractivity contribution is -0.143. The van der Waals surface area contributed by atoms with Crippen molar-refractivity contribution >= 4 is 41.5 Å². The minimum Gasteiger partial charge on any atom is -0.480 e. The van der Waals surface area contributed by atoms with E-state index in [0.717, 1.165) is 0 Å². The molecule has 288 valence electrons. The van der Waals surface area contributed by atoms with Crippen LogP contribution < -0.4 is 55.3 Å². The summed E-state index contributed by atoms with van der Waals surface area (Å²) in [7, 11) is 0. The predicted molar refractivity (Wildman–Crippen MR) is 191 cm³/mol. The fourth-order valence-corrected chi connectivity index (χ4v) is 4.97. The van der Waals surface area contributed by atoms with Gasteiger partial charge in [-0.1, -0.05) is 40.5 Å². The molecule has 18 heteroatoms. The van der Waals surface area contributed by atoms with E-state index in [1.54, 1.807) is 13.8 Å². The van der Waals surface area contributed by atoms with Gasteiger partial charge in [-0.05, 0) is 76.3 Å². The SMILES string of the molecule is CCC(C)C(NC(=O)CN)C(=O)NC(CCCCN)C(=O)NC(CCCCN)C(=O)NC(C(=O)NC(CCCN=C(N)N)C(=O)O)C(C)CC. The van der Waals surface area contributed by atoms with Crippen molar-refractivity contribution in [1.82, 2.24) is 26.6 Å². The van der Waals surface area contributed by atoms with E-state index in [1.807, 2.05) is 13.8 Å². The van der Waals surface area contributed by atoms with Gasteiger partial charge in [0.25, 0.3) is 0 Å². The first kappa shape index (κ1) is 46.0. The number of nitrogens with two attached hydrogens (primary N) is 5. The number of carboxylic acid groups (broad SMARTS) is 1. The van der Waals surface area contributed by atoms with E-state index in [0.29, 0.717) is 51.6 Å². The van der Waals surface area contributed by atoms with Gasteiger partial charge in [-0.15, -0.1) is 0 Å².